The van der Waals surface area contributed by atoms with E-state index in [2.05, 4.69) is 20.6 Å². The Morgan fingerprint density at radius 2 is 1.72 bits per heavy atom. The molecule has 0 aliphatic carbocycles. The molecule has 2 fully saturated rings. The topological polar surface area (TPSA) is 170 Å². The first-order chi connectivity index (χ1) is 31.8. The molecule has 2 N–H and O–H groups in total. The number of aryl methyl sites for hydroxylation is 1. The maximum absolute atomic E-state index is 15.4. The maximum atomic E-state index is 15.4. The number of nitrogens with zero attached hydrogens (tertiary/aromatic N) is 6. The molecule has 68 heavy (non-hydrogen) atoms. The lowest BCUT2D eigenvalue weighted by Gasteiger charge is -2.35. The summed E-state index contributed by atoms with van der Waals surface area (Å²) >= 11 is 6.87. The first-order valence-electron chi connectivity index (χ1n) is 20.9. The van der Waals surface area contributed by atoms with Crippen LogP contribution in [0.15, 0.2) is 54.2 Å². The number of hydrogen-bond acceptors (Lipinski definition) is 11. The highest BCUT2D eigenvalue weighted by Crippen LogP contribution is 2.44. The second kappa shape index (κ2) is 19.8. The minimum atomic E-state index is -5.35. The van der Waals surface area contributed by atoms with Crippen molar-refractivity contribution in [2.45, 2.75) is 90.9 Å². The number of hydrogen-bond donors (Lipinski definition) is 2. The number of benzene rings is 2. The van der Waals surface area contributed by atoms with Crippen molar-refractivity contribution in [1.82, 2.24) is 25.5 Å². The van der Waals surface area contributed by atoms with Gasteiger partial charge in [-0.15, -0.1) is 11.3 Å². The second-order valence-electron chi connectivity index (χ2n) is 17.4. The van der Waals surface area contributed by atoms with Crippen molar-refractivity contribution in [2.75, 3.05) is 36.2 Å². The molecule has 2 aliphatic heterocycles. The largest absolute Gasteiger partial charge is 0.475 e. The van der Waals surface area contributed by atoms with Crippen molar-refractivity contribution in [3.63, 3.8) is 0 Å². The van der Waals surface area contributed by atoms with Crippen LogP contribution in [0.1, 0.15) is 75.4 Å². The van der Waals surface area contributed by atoms with Crippen molar-refractivity contribution < 1.29 is 59.4 Å². The molecule has 0 spiro atoms. The average molecular weight is 991 g/mol. The van der Waals surface area contributed by atoms with Gasteiger partial charge in [0, 0.05) is 13.1 Å². The number of amides is 4. The number of anilines is 2. The second-order valence-corrected chi connectivity index (χ2v) is 18.7. The third kappa shape index (κ3) is 10.7. The fourth-order valence-corrected chi connectivity index (χ4v) is 9.10. The smallest absolute Gasteiger partial charge is 0.421 e. The van der Waals surface area contributed by atoms with Gasteiger partial charge in [-0.1, -0.05) is 45.0 Å². The van der Waals surface area contributed by atoms with Crippen LogP contribution in [-0.2, 0) is 42.8 Å². The van der Waals surface area contributed by atoms with E-state index in [9.17, 15) is 45.5 Å². The number of carbonyl (C=O) groups is 4. The lowest BCUT2D eigenvalue weighted by atomic mass is 9.85. The van der Waals surface area contributed by atoms with E-state index in [1.807, 2.05) is 31.2 Å². The highest BCUT2D eigenvalue weighted by molar-refractivity contribution is 7.81. The molecule has 0 bridgehead atoms. The van der Waals surface area contributed by atoms with Crippen LogP contribution < -0.4 is 25.2 Å². The van der Waals surface area contributed by atoms with E-state index in [4.69, 9.17) is 27.0 Å². The molecule has 23 heteroatoms. The van der Waals surface area contributed by atoms with Gasteiger partial charge in [0.25, 0.3) is 5.91 Å². The highest BCUT2D eigenvalue weighted by Gasteiger charge is 2.53. The summed E-state index contributed by atoms with van der Waals surface area (Å²) in [6, 6.07) is 9.02. The van der Waals surface area contributed by atoms with Crippen LogP contribution >= 0.6 is 23.6 Å². The molecule has 0 radical (unpaired) electrons. The number of carbonyl (C=O) groups excluding carboxylic acids is 4. The van der Waals surface area contributed by atoms with Gasteiger partial charge in [-0.2, -0.15) is 31.6 Å². The Morgan fingerprint density at radius 1 is 1.03 bits per heavy atom. The Labute approximate surface area is 395 Å². The van der Waals surface area contributed by atoms with Crippen molar-refractivity contribution in [3.8, 4) is 22.4 Å². The fraction of sp³-hybridized carbons (Fsp3) is 0.422. The number of aromatic nitrogens is 2. The number of rotatable bonds is 14. The monoisotopic (exact) mass is 990 g/mol. The summed E-state index contributed by atoms with van der Waals surface area (Å²) in [6.45, 7) is 8.46. The molecule has 4 aromatic rings. The van der Waals surface area contributed by atoms with Gasteiger partial charge in [0.05, 0.1) is 51.9 Å². The first-order valence-corrected chi connectivity index (χ1v) is 22.2. The number of nitriles is 1. The van der Waals surface area contributed by atoms with Crippen LogP contribution in [0.25, 0.3) is 10.4 Å². The van der Waals surface area contributed by atoms with Gasteiger partial charge in [-0.25, -0.2) is 14.4 Å². The zero-order valence-corrected chi connectivity index (χ0v) is 39.0. The minimum absolute atomic E-state index is 0.233. The van der Waals surface area contributed by atoms with Gasteiger partial charge in [0.2, 0.25) is 23.6 Å². The number of thiocarbonyl (C=S) groups is 1. The van der Waals surface area contributed by atoms with Crippen LogP contribution in [0.3, 0.4) is 0 Å². The fourth-order valence-electron chi connectivity index (χ4n) is 7.77. The molecule has 2 aromatic heterocycles. The molecule has 6 rings (SSSR count). The molecule has 1 unspecified atom stereocenters. The molecule has 14 nitrogen and oxygen atoms in total. The Kier molecular flexibility index (Phi) is 14.9. The van der Waals surface area contributed by atoms with Gasteiger partial charge in [0.15, 0.2) is 10.9 Å². The molecule has 2 aromatic carbocycles. The lowest BCUT2D eigenvalue weighted by Crippen LogP contribution is -2.58. The zero-order valence-electron chi connectivity index (χ0n) is 37.4. The summed E-state index contributed by atoms with van der Waals surface area (Å²) in [4.78, 5) is 65.8. The predicted molar refractivity (Wildman–Crippen MR) is 239 cm³/mol. The number of alkyl halides is 6. The molecule has 362 valence electrons. The number of thiazole rings is 1. The highest BCUT2D eigenvalue weighted by atomic mass is 32.1. The maximum Gasteiger partial charge on any atom is 0.421 e. The standard InChI is InChI=1S/C45H45F7N8O6S2/c1-24-35(68-23-56-24)26-11-9-25(10-12-26)20-54-37(62)31-8-7-15-58(31)39(63)36(42(2,3)4)57-32(61)22-65-16-17-66-38-29(44(47,48)49)18-28(21-55-38)60-41(67)59(40(64)43(60,5)6)30-14-13-27(19-53)33(34(30)46)45(50,51)52/h9-14,18,21,23,31,36H,7-8,15-17,20,22H2,1-6H3,(H,54,62)(H,57,61)/t31-,36?/m0/s1. The Balaban J connectivity index is 1.05. The van der Waals surface area contributed by atoms with E-state index in [1.165, 1.54) is 36.2 Å². The predicted octanol–water partition coefficient (Wildman–Crippen LogP) is 7.71. The van der Waals surface area contributed by atoms with E-state index in [0.717, 1.165) is 38.9 Å². The van der Waals surface area contributed by atoms with Gasteiger partial charge >= 0.3 is 12.4 Å². The molecular formula is C45H45F7N8O6S2. The van der Waals surface area contributed by atoms with Gasteiger partial charge in [-0.3, -0.25) is 24.1 Å². The summed E-state index contributed by atoms with van der Waals surface area (Å²) in [6.07, 6.45) is -8.63. The van der Waals surface area contributed by atoms with Crippen molar-refractivity contribution in [1.29, 1.82) is 5.26 Å². The van der Waals surface area contributed by atoms with Gasteiger partial charge in [0.1, 0.15) is 42.0 Å². The van der Waals surface area contributed by atoms with Crippen molar-refractivity contribution >= 4 is 63.7 Å². The van der Waals surface area contributed by atoms with Crippen molar-refractivity contribution in [3.05, 3.63) is 87.9 Å². The SMILES string of the molecule is Cc1ncsc1-c1ccc(CNC(=O)[C@@H]2CCCN2C(=O)C(NC(=O)COCCOc2ncc(N3C(=S)N(c4ccc(C#N)c(C(F)(F)F)c4F)C(=O)C3(C)C)cc2C(F)(F)F)C(C)(C)C)cc1. The summed E-state index contributed by atoms with van der Waals surface area (Å²) < 4.78 is 111. The normalized spacial score (nSPS) is 16.8. The van der Waals surface area contributed by atoms with E-state index < -0.39 is 118 Å². The number of pyridine rings is 1. The van der Waals surface area contributed by atoms with Crippen LogP contribution in [0.4, 0.5) is 42.1 Å². The Bertz CT molecular complexity index is 2640. The summed E-state index contributed by atoms with van der Waals surface area (Å²) in [5.74, 6) is -5.55. The number of likely N-dealkylation sites (tertiary alicyclic amines) is 1. The average Bonchev–Trinajstić information content (AvgIpc) is 3.97. The van der Waals surface area contributed by atoms with Gasteiger partial charge < -0.3 is 29.9 Å². The van der Waals surface area contributed by atoms with E-state index in [1.54, 1.807) is 26.3 Å². The third-order valence-corrected chi connectivity index (χ3v) is 12.6. The molecule has 4 heterocycles. The Morgan fingerprint density at radius 3 is 2.32 bits per heavy atom. The van der Waals surface area contributed by atoms with Crippen molar-refractivity contribution in [2.24, 2.45) is 5.41 Å². The van der Waals surface area contributed by atoms with E-state index in [-0.39, 0.29) is 19.0 Å². The van der Waals surface area contributed by atoms with E-state index >= 15 is 4.39 Å². The molecule has 2 aliphatic rings. The molecule has 0 saturated carbocycles. The number of halogens is 7. The molecule has 4 amide bonds. The number of nitrogens with one attached hydrogen (secondary N) is 2. The quantitative estimate of drug-likeness (QED) is 0.0721. The van der Waals surface area contributed by atoms with Crippen LogP contribution in [-0.4, -0.2) is 87.6 Å². The summed E-state index contributed by atoms with van der Waals surface area (Å²) in [5, 5.41) is 14.1. The summed E-state index contributed by atoms with van der Waals surface area (Å²) in [5.41, 5.74) is -4.01. The zero-order chi connectivity index (χ0) is 50.1. The Hall–Kier alpha value is -6.25. The molecule has 2 atom stereocenters. The lowest BCUT2D eigenvalue weighted by molar-refractivity contribution is -0.144. The van der Waals surface area contributed by atoms with Crippen LogP contribution in [0.2, 0.25) is 0 Å². The minimum Gasteiger partial charge on any atom is -0.475 e. The number of ether oxygens (including phenoxy) is 2. The molecular weight excluding hydrogens is 946 g/mol. The third-order valence-electron chi connectivity index (χ3n) is 11.2. The van der Waals surface area contributed by atoms with Gasteiger partial charge in [-0.05, 0) is 80.6 Å². The first kappa shape index (κ1) is 51.1. The molecule has 2 saturated heterocycles. The summed E-state index contributed by atoms with van der Waals surface area (Å²) in [7, 11) is 0. The van der Waals surface area contributed by atoms with Crippen LogP contribution in [0, 0.1) is 29.5 Å². The van der Waals surface area contributed by atoms with Crippen LogP contribution in [0.5, 0.6) is 5.88 Å². The van der Waals surface area contributed by atoms with E-state index in [0.29, 0.717) is 29.9 Å².